The fraction of sp³-hybridized carbons (Fsp3) is 0.769. The molecule has 0 saturated carbocycles. The summed E-state index contributed by atoms with van der Waals surface area (Å²) < 4.78 is 12.2. The Hall–Kier alpha value is -0.660. The SMILES string of the molecule is CCc1nn(C)c(CC(CCOCCOC)NN)c1Cl. The number of nitrogens with one attached hydrogen (secondary N) is 1. The maximum Gasteiger partial charge on any atom is 0.0850 e. The lowest BCUT2D eigenvalue weighted by atomic mass is 10.1. The Morgan fingerprint density at radius 1 is 1.40 bits per heavy atom. The van der Waals surface area contributed by atoms with Crippen molar-refractivity contribution in [3.05, 3.63) is 16.4 Å². The molecule has 6 nitrogen and oxygen atoms in total. The quantitative estimate of drug-likeness (QED) is 0.384. The second kappa shape index (κ2) is 9.31. The van der Waals surface area contributed by atoms with Crippen LogP contribution in [0.4, 0.5) is 0 Å². The molecule has 0 aliphatic rings. The van der Waals surface area contributed by atoms with Crippen molar-refractivity contribution >= 4 is 11.6 Å². The van der Waals surface area contributed by atoms with Gasteiger partial charge in [0.25, 0.3) is 0 Å². The molecule has 1 aromatic heterocycles. The van der Waals surface area contributed by atoms with Gasteiger partial charge in [0.05, 0.1) is 29.6 Å². The average molecular weight is 305 g/mol. The van der Waals surface area contributed by atoms with Crippen molar-refractivity contribution in [1.29, 1.82) is 0 Å². The number of aromatic nitrogens is 2. The number of hydrogen-bond donors (Lipinski definition) is 2. The normalized spacial score (nSPS) is 12.8. The molecule has 7 heteroatoms. The van der Waals surface area contributed by atoms with Crippen LogP contribution in [0.15, 0.2) is 0 Å². The minimum absolute atomic E-state index is 0.107. The molecular formula is C13H25ClN4O2. The molecule has 1 atom stereocenters. The van der Waals surface area contributed by atoms with Crippen LogP contribution in [0.5, 0.6) is 0 Å². The van der Waals surface area contributed by atoms with E-state index < -0.39 is 0 Å². The maximum atomic E-state index is 6.33. The number of nitrogens with zero attached hydrogens (tertiary/aromatic N) is 2. The van der Waals surface area contributed by atoms with Crippen molar-refractivity contribution in [3.63, 3.8) is 0 Å². The number of halogens is 1. The van der Waals surface area contributed by atoms with E-state index in [0.29, 0.717) is 19.8 Å². The second-order valence-electron chi connectivity index (χ2n) is 4.65. The van der Waals surface area contributed by atoms with E-state index in [0.717, 1.165) is 35.7 Å². The summed E-state index contributed by atoms with van der Waals surface area (Å²) in [6.07, 6.45) is 2.36. The lowest BCUT2D eigenvalue weighted by Crippen LogP contribution is -2.38. The Morgan fingerprint density at radius 3 is 2.70 bits per heavy atom. The monoisotopic (exact) mass is 304 g/mol. The molecule has 0 aliphatic heterocycles. The van der Waals surface area contributed by atoms with Gasteiger partial charge < -0.3 is 9.47 Å². The molecule has 0 amide bonds. The number of hydrazine groups is 1. The molecule has 1 aromatic rings. The molecular weight excluding hydrogens is 280 g/mol. The van der Waals surface area contributed by atoms with Crippen molar-refractivity contribution in [3.8, 4) is 0 Å². The fourth-order valence-electron chi connectivity index (χ4n) is 1.99. The maximum absolute atomic E-state index is 6.33. The standard InChI is InChI=1S/C13H25ClN4O2/c1-4-11-13(14)12(18(2)17-11)9-10(16-15)5-6-20-8-7-19-3/h10,16H,4-9,15H2,1-3H3. The first kappa shape index (κ1) is 17.4. The molecule has 0 fully saturated rings. The average Bonchev–Trinajstić information content (AvgIpc) is 2.72. The predicted molar refractivity (Wildman–Crippen MR) is 79.7 cm³/mol. The van der Waals surface area contributed by atoms with Gasteiger partial charge in [-0.15, -0.1) is 0 Å². The minimum Gasteiger partial charge on any atom is -0.382 e. The molecule has 116 valence electrons. The van der Waals surface area contributed by atoms with E-state index in [1.165, 1.54) is 0 Å². The third-order valence-corrected chi connectivity index (χ3v) is 3.66. The van der Waals surface area contributed by atoms with Gasteiger partial charge in [-0.05, 0) is 12.8 Å². The smallest absolute Gasteiger partial charge is 0.0850 e. The molecule has 1 unspecified atom stereocenters. The van der Waals surface area contributed by atoms with Gasteiger partial charge in [0, 0.05) is 33.2 Å². The van der Waals surface area contributed by atoms with Gasteiger partial charge in [0.15, 0.2) is 0 Å². The van der Waals surface area contributed by atoms with Gasteiger partial charge in [0.1, 0.15) is 0 Å². The van der Waals surface area contributed by atoms with Crippen LogP contribution in [0.25, 0.3) is 0 Å². The summed E-state index contributed by atoms with van der Waals surface area (Å²) in [5, 5.41) is 5.15. The van der Waals surface area contributed by atoms with E-state index in [-0.39, 0.29) is 6.04 Å². The Balaban J connectivity index is 2.49. The van der Waals surface area contributed by atoms with Crippen molar-refractivity contribution < 1.29 is 9.47 Å². The van der Waals surface area contributed by atoms with Gasteiger partial charge in [-0.3, -0.25) is 16.0 Å². The summed E-state index contributed by atoms with van der Waals surface area (Å²) in [4.78, 5) is 0. The van der Waals surface area contributed by atoms with E-state index in [2.05, 4.69) is 10.5 Å². The molecule has 0 aliphatic carbocycles. The van der Waals surface area contributed by atoms with E-state index in [1.54, 1.807) is 7.11 Å². The van der Waals surface area contributed by atoms with Crippen molar-refractivity contribution in [2.45, 2.75) is 32.2 Å². The zero-order chi connectivity index (χ0) is 15.0. The number of nitrogens with two attached hydrogens (primary N) is 1. The summed E-state index contributed by atoms with van der Waals surface area (Å²) in [6.45, 7) is 3.88. The Labute approximate surface area is 125 Å². The zero-order valence-electron chi connectivity index (χ0n) is 12.5. The Morgan fingerprint density at radius 2 is 2.15 bits per heavy atom. The summed E-state index contributed by atoms with van der Waals surface area (Å²) in [5.74, 6) is 5.60. The van der Waals surface area contributed by atoms with Gasteiger partial charge in [0.2, 0.25) is 0 Å². The highest BCUT2D eigenvalue weighted by Gasteiger charge is 2.17. The zero-order valence-corrected chi connectivity index (χ0v) is 13.2. The first-order valence-electron chi connectivity index (χ1n) is 6.87. The van der Waals surface area contributed by atoms with Crippen LogP contribution in [0.1, 0.15) is 24.7 Å². The lowest BCUT2D eigenvalue weighted by Gasteiger charge is -2.16. The lowest BCUT2D eigenvalue weighted by molar-refractivity contribution is 0.0657. The van der Waals surface area contributed by atoms with Crippen LogP contribution in [0.2, 0.25) is 5.02 Å². The molecule has 0 aromatic carbocycles. The van der Waals surface area contributed by atoms with E-state index in [1.807, 2.05) is 18.7 Å². The molecule has 1 rings (SSSR count). The molecule has 20 heavy (non-hydrogen) atoms. The number of ether oxygens (including phenoxy) is 2. The topological polar surface area (TPSA) is 74.3 Å². The Bertz CT molecular complexity index is 398. The molecule has 3 N–H and O–H groups in total. The number of aryl methyl sites for hydroxylation is 2. The second-order valence-corrected chi connectivity index (χ2v) is 5.02. The first-order valence-corrected chi connectivity index (χ1v) is 7.24. The van der Waals surface area contributed by atoms with E-state index >= 15 is 0 Å². The highest BCUT2D eigenvalue weighted by atomic mass is 35.5. The summed E-state index contributed by atoms with van der Waals surface area (Å²) in [5.41, 5.74) is 4.74. The van der Waals surface area contributed by atoms with Crippen LogP contribution < -0.4 is 11.3 Å². The van der Waals surface area contributed by atoms with E-state index in [4.69, 9.17) is 26.9 Å². The van der Waals surface area contributed by atoms with Crippen molar-refractivity contribution in [2.75, 3.05) is 26.9 Å². The predicted octanol–water partition coefficient (Wildman–Crippen LogP) is 1.06. The van der Waals surface area contributed by atoms with Crippen LogP contribution in [-0.4, -0.2) is 42.8 Å². The molecule has 0 bridgehead atoms. The largest absolute Gasteiger partial charge is 0.382 e. The van der Waals surface area contributed by atoms with Gasteiger partial charge >= 0.3 is 0 Å². The van der Waals surface area contributed by atoms with Crippen molar-refractivity contribution in [2.24, 2.45) is 12.9 Å². The summed E-state index contributed by atoms with van der Waals surface area (Å²) in [6, 6.07) is 0.107. The number of methoxy groups -OCH3 is 1. The molecule has 0 radical (unpaired) electrons. The minimum atomic E-state index is 0.107. The van der Waals surface area contributed by atoms with Crippen LogP contribution in [0, 0.1) is 0 Å². The highest BCUT2D eigenvalue weighted by Crippen LogP contribution is 2.22. The van der Waals surface area contributed by atoms with Crippen LogP contribution in [-0.2, 0) is 29.4 Å². The van der Waals surface area contributed by atoms with Crippen LogP contribution in [0.3, 0.4) is 0 Å². The van der Waals surface area contributed by atoms with Gasteiger partial charge in [-0.25, -0.2) is 0 Å². The van der Waals surface area contributed by atoms with Crippen molar-refractivity contribution in [1.82, 2.24) is 15.2 Å². The van der Waals surface area contributed by atoms with Gasteiger partial charge in [-0.1, -0.05) is 18.5 Å². The van der Waals surface area contributed by atoms with Crippen LogP contribution >= 0.6 is 11.6 Å². The third kappa shape index (κ3) is 5.03. The highest BCUT2D eigenvalue weighted by molar-refractivity contribution is 6.31. The summed E-state index contributed by atoms with van der Waals surface area (Å²) in [7, 11) is 3.56. The molecule has 0 spiro atoms. The molecule has 1 heterocycles. The molecule has 0 saturated heterocycles. The number of hydrogen-bond acceptors (Lipinski definition) is 5. The summed E-state index contributed by atoms with van der Waals surface area (Å²) >= 11 is 6.33. The number of rotatable bonds is 10. The van der Waals surface area contributed by atoms with Gasteiger partial charge in [-0.2, -0.15) is 5.10 Å². The third-order valence-electron chi connectivity index (χ3n) is 3.22. The fourth-order valence-corrected chi connectivity index (χ4v) is 2.36. The Kier molecular flexibility index (Phi) is 8.09. The first-order chi connectivity index (χ1) is 9.63. The van der Waals surface area contributed by atoms with E-state index in [9.17, 15) is 0 Å².